The molecule has 0 saturated carbocycles. The Morgan fingerprint density at radius 3 is 2.40 bits per heavy atom. The summed E-state index contributed by atoms with van der Waals surface area (Å²) in [5, 5.41) is 11.8. The fraction of sp³-hybridized carbons (Fsp3) is 0.417. The van der Waals surface area contributed by atoms with E-state index in [9.17, 15) is 18.7 Å². The number of phenolic OH excluding ortho intramolecular Hbond substituents is 1. The van der Waals surface area contributed by atoms with Gasteiger partial charge >= 0.3 is 12.0 Å². The van der Waals surface area contributed by atoms with Gasteiger partial charge in [0.2, 0.25) is 5.75 Å². The Morgan fingerprint density at radius 1 is 1.35 bits per heavy atom. The molecule has 1 aromatic rings. The first-order valence-electron chi connectivity index (χ1n) is 5.65. The van der Waals surface area contributed by atoms with E-state index >= 15 is 0 Å². The number of phenols is 1. The topological polar surface area (TPSA) is 77.0 Å². The number of amides is 1. The first-order valence-corrected chi connectivity index (χ1v) is 5.65. The number of rotatable bonds is 3. The highest BCUT2D eigenvalue weighted by atomic mass is 19.3. The molecule has 1 aliphatic heterocycles. The molecule has 1 atom stereocenters. The number of aromatic hydroxyl groups is 1. The van der Waals surface area contributed by atoms with Gasteiger partial charge in [0.15, 0.2) is 18.1 Å². The summed E-state index contributed by atoms with van der Waals surface area (Å²) in [7, 11) is 2.55. The average molecular weight is 289 g/mol. The minimum atomic E-state index is -3.29. The zero-order valence-electron chi connectivity index (χ0n) is 10.8. The number of carbonyl (C=O) groups is 1. The van der Waals surface area contributed by atoms with Gasteiger partial charge in [-0.2, -0.15) is 0 Å². The van der Waals surface area contributed by atoms with Crippen LogP contribution in [-0.4, -0.2) is 37.9 Å². The van der Waals surface area contributed by atoms with Gasteiger partial charge in [0, 0.05) is 0 Å². The lowest BCUT2D eigenvalue weighted by Crippen LogP contribution is -2.49. The number of benzene rings is 1. The maximum Gasteiger partial charge on any atom is 0.408 e. The van der Waals surface area contributed by atoms with E-state index in [0.717, 1.165) is 0 Å². The van der Waals surface area contributed by atoms with Gasteiger partial charge in [-0.15, -0.1) is 0 Å². The Balaban J connectivity index is 2.47. The molecular formula is C12H13F2NO5. The molecule has 110 valence electrons. The van der Waals surface area contributed by atoms with Crippen LogP contribution in [0.3, 0.4) is 0 Å². The lowest BCUT2D eigenvalue weighted by atomic mass is 9.99. The quantitative estimate of drug-likeness (QED) is 0.887. The molecule has 0 bridgehead atoms. The number of ether oxygens (including phenoxy) is 3. The summed E-state index contributed by atoms with van der Waals surface area (Å²) < 4.78 is 41.7. The SMILES string of the molecule is COc1cc([C@@H]2NC(=O)OCC2(F)F)cc(OC)c1O. The van der Waals surface area contributed by atoms with E-state index in [2.05, 4.69) is 4.74 Å². The van der Waals surface area contributed by atoms with Crippen LogP contribution in [-0.2, 0) is 4.74 Å². The Hall–Kier alpha value is -2.25. The Labute approximate surface area is 113 Å². The highest BCUT2D eigenvalue weighted by molar-refractivity contribution is 5.69. The number of alkyl halides is 2. The standard InChI is InChI=1S/C12H13F2NO5/c1-18-7-3-6(4-8(19-2)9(7)16)10-12(13,14)5-20-11(17)15-10/h3-4,10,16H,5H2,1-2H3,(H,15,17)/t10-/m0/s1. The van der Waals surface area contributed by atoms with Gasteiger partial charge in [-0.3, -0.25) is 0 Å². The highest BCUT2D eigenvalue weighted by Gasteiger charge is 2.47. The largest absolute Gasteiger partial charge is 0.502 e. The second-order valence-corrected chi connectivity index (χ2v) is 4.19. The molecule has 1 heterocycles. The molecule has 0 aliphatic carbocycles. The van der Waals surface area contributed by atoms with Crippen LogP contribution in [0.4, 0.5) is 13.6 Å². The van der Waals surface area contributed by atoms with E-state index in [1.807, 2.05) is 5.32 Å². The second-order valence-electron chi connectivity index (χ2n) is 4.19. The maximum absolute atomic E-state index is 13.8. The zero-order chi connectivity index (χ0) is 14.9. The van der Waals surface area contributed by atoms with Crippen molar-refractivity contribution in [1.29, 1.82) is 0 Å². The Morgan fingerprint density at radius 2 is 1.90 bits per heavy atom. The van der Waals surface area contributed by atoms with Gasteiger partial charge < -0.3 is 24.6 Å². The van der Waals surface area contributed by atoms with Crippen molar-refractivity contribution >= 4 is 6.09 Å². The number of carbonyl (C=O) groups excluding carboxylic acids is 1. The first-order chi connectivity index (χ1) is 9.39. The van der Waals surface area contributed by atoms with Gasteiger partial charge in [-0.25, -0.2) is 13.6 Å². The van der Waals surface area contributed by atoms with Gasteiger partial charge in [-0.1, -0.05) is 0 Å². The van der Waals surface area contributed by atoms with Crippen LogP contribution >= 0.6 is 0 Å². The Kier molecular flexibility index (Phi) is 3.56. The van der Waals surface area contributed by atoms with E-state index in [1.165, 1.54) is 26.4 Å². The van der Waals surface area contributed by atoms with Crippen molar-refractivity contribution in [3.63, 3.8) is 0 Å². The third kappa shape index (κ3) is 2.40. The summed E-state index contributed by atoms with van der Waals surface area (Å²) in [6, 6.07) is 0.830. The van der Waals surface area contributed by atoms with E-state index in [4.69, 9.17) is 9.47 Å². The summed E-state index contributed by atoms with van der Waals surface area (Å²) in [6.07, 6.45) is -0.938. The molecule has 1 aliphatic rings. The molecule has 1 aromatic carbocycles. The summed E-state index contributed by atoms with van der Waals surface area (Å²) >= 11 is 0. The molecule has 2 rings (SSSR count). The fourth-order valence-corrected chi connectivity index (χ4v) is 1.92. The molecule has 8 heteroatoms. The minimum Gasteiger partial charge on any atom is -0.502 e. The lowest BCUT2D eigenvalue weighted by molar-refractivity contribution is -0.104. The molecule has 0 spiro atoms. The molecule has 20 heavy (non-hydrogen) atoms. The smallest absolute Gasteiger partial charge is 0.408 e. The van der Waals surface area contributed by atoms with Gasteiger partial charge in [0.25, 0.3) is 0 Å². The third-order valence-corrected chi connectivity index (χ3v) is 2.92. The van der Waals surface area contributed by atoms with Crippen molar-refractivity contribution in [1.82, 2.24) is 5.32 Å². The zero-order valence-corrected chi connectivity index (χ0v) is 10.8. The fourth-order valence-electron chi connectivity index (χ4n) is 1.92. The van der Waals surface area contributed by atoms with Gasteiger partial charge in [0.05, 0.1) is 14.2 Å². The second kappa shape index (κ2) is 5.03. The van der Waals surface area contributed by atoms with Crippen LogP contribution < -0.4 is 14.8 Å². The number of alkyl carbamates (subject to hydrolysis) is 1. The third-order valence-electron chi connectivity index (χ3n) is 2.92. The van der Waals surface area contributed by atoms with Crippen LogP contribution in [0.25, 0.3) is 0 Å². The molecule has 0 aromatic heterocycles. The van der Waals surface area contributed by atoms with E-state index in [-0.39, 0.29) is 22.8 Å². The monoisotopic (exact) mass is 289 g/mol. The average Bonchev–Trinajstić information content (AvgIpc) is 2.42. The Bertz CT molecular complexity index is 510. The molecular weight excluding hydrogens is 276 g/mol. The number of nitrogens with one attached hydrogen (secondary N) is 1. The van der Waals surface area contributed by atoms with E-state index in [1.54, 1.807) is 0 Å². The van der Waals surface area contributed by atoms with Crippen molar-refractivity contribution < 1.29 is 32.9 Å². The van der Waals surface area contributed by atoms with Crippen LogP contribution in [0.2, 0.25) is 0 Å². The van der Waals surface area contributed by atoms with Crippen LogP contribution in [0.1, 0.15) is 11.6 Å². The molecule has 1 saturated heterocycles. The predicted octanol–water partition coefficient (Wildman–Crippen LogP) is 1.83. The molecule has 0 radical (unpaired) electrons. The summed E-state index contributed by atoms with van der Waals surface area (Å²) in [6.45, 7) is -1.02. The molecule has 1 amide bonds. The maximum atomic E-state index is 13.8. The lowest BCUT2D eigenvalue weighted by Gasteiger charge is -2.32. The van der Waals surface area contributed by atoms with Crippen molar-refractivity contribution in [3.8, 4) is 17.2 Å². The summed E-state index contributed by atoms with van der Waals surface area (Å²) in [5.74, 6) is -3.66. The molecule has 6 nitrogen and oxygen atoms in total. The number of halogens is 2. The minimum absolute atomic E-state index is 0.0316. The van der Waals surface area contributed by atoms with Crippen LogP contribution in [0, 0.1) is 0 Å². The van der Waals surface area contributed by atoms with E-state index in [0.29, 0.717) is 0 Å². The number of hydrogen-bond acceptors (Lipinski definition) is 5. The van der Waals surface area contributed by atoms with Crippen molar-refractivity contribution in [2.75, 3.05) is 20.8 Å². The van der Waals surface area contributed by atoms with Crippen LogP contribution in [0.5, 0.6) is 17.2 Å². The summed E-state index contributed by atoms with van der Waals surface area (Å²) in [4.78, 5) is 11.1. The van der Waals surface area contributed by atoms with Gasteiger partial charge in [-0.05, 0) is 17.7 Å². The molecule has 0 unspecified atom stereocenters. The number of cyclic esters (lactones) is 1. The first kappa shape index (κ1) is 14.2. The predicted molar refractivity (Wildman–Crippen MR) is 63.4 cm³/mol. The summed E-state index contributed by atoms with van der Waals surface area (Å²) in [5.41, 5.74) is 0.0400. The molecule has 2 N–H and O–H groups in total. The van der Waals surface area contributed by atoms with Crippen molar-refractivity contribution in [2.45, 2.75) is 12.0 Å². The van der Waals surface area contributed by atoms with Crippen molar-refractivity contribution in [2.24, 2.45) is 0 Å². The molecule has 1 fully saturated rings. The van der Waals surface area contributed by atoms with E-state index < -0.39 is 24.7 Å². The normalized spacial score (nSPS) is 20.8. The van der Waals surface area contributed by atoms with Crippen LogP contribution in [0.15, 0.2) is 12.1 Å². The number of hydrogen-bond donors (Lipinski definition) is 2. The van der Waals surface area contributed by atoms with Gasteiger partial charge in [0.1, 0.15) is 6.04 Å². The van der Waals surface area contributed by atoms with Crippen molar-refractivity contribution in [3.05, 3.63) is 17.7 Å². The highest BCUT2D eigenvalue weighted by Crippen LogP contribution is 2.42. The number of methoxy groups -OCH3 is 2.